The molecule has 0 aliphatic heterocycles. The number of carbonyl (C=O) groups excluding carboxylic acids is 2. The van der Waals surface area contributed by atoms with Gasteiger partial charge in [-0.15, -0.1) is 0 Å². The molecule has 0 bridgehead atoms. The van der Waals surface area contributed by atoms with Gasteiger partial charge >= 0.3 is 0 Å². The average molecular weight is 418 g/mol. The van der Waals surface area contributed by atoms with Crippen molar-refractivity contribution >= 4 is 17.5 Å². The second-order valence-corrected chi connectivity index (χ2v) is 7.28. The van der Waals surface area contributed by atoms with Crippen LogP contribution in [0, 0.1) is 20.8 Å². The van der Waals surface area contributed by atoms with Crippen LogP contribution in [0.1, 0.15) is 27.0 Å². The van der Waals surface area contributed by atoms with Crippen LogP contribution in [-0.2, 0) is 4.79 Å². The van der Waals surface area contributed by atoms with E-state index in [1.807, 2.05) is 51.1 Å². The topological polar surface area (TPSA) is 76.7 Å². The summed E-state index contributed by atoms with van der Waals surface area (Å²) in [4.78, 5) is 25.1. The fourth-order valence-corrected chi connectivity index (χ4v) is 3.43. The fourth-order valence-electron chi connectivity index (χ4n) is 3.43. The molecule has 2 N–H and O–H groups in total. The number of rotatable bonds is 7. The molecule has 6 nitrogen and oxygen atoms in total. The second-order valence-electron chi connectivity index (χ2n) is 7.28. The third-order valence-electron chi connectivity index (χ3n) is 4.74. The molecule has 3 aromatic carbocycles. The summed E-state index contributed by atoms with van der Waals surface area (Å²) in [5.41, 5.74) is 3.96. The van der Waals surface area contributed by atoms with Crippen LogP contribution in [0.5, 0.6) is 17.2 Å². The van der Waals surface area contributed by atoms with Crippen molar-refractivity contribution in [3.8, 4) is 17.2 Å². The van der Waals surface area contributed by atoms with Gasteiger partial charge in [-0.05, 0) is 56.2 Å². The maximum Gasteiger partial charge on any atom is 0.252 e. The Balaban J connectivity index is 1.65. The van der Waals surface area contributed by atoms with E-state index < -0.39 is 0 Å². The van der Waals surface area contributed by atoms with Gasteiger partial charge in [0.1, 0.15) is 11.5 Å². The molecular formula is C25H26N2O4. The lowest BCUT2D eigenvalue weighted by Gasteiger charge is -2.14. The molecule has 0 aliphatic rings. The Labute approximate surface area is 182 Å². The van der Waals surface area contributed by atoms with Crippen LogP contribution in [0.4, 0.5) is 5.69 Å². The molecule has 2 amide bonds. The number of ether oxygens (including phenoxy) is 2. The molecule has 0 atom stereocenters. The third kappa shape index (κ3) is 5.63. The number of aryl methyl sites for hydroxylation is 3. The van der Waals surface area contributed by atoms with E-state index in [0.29, 0.717) is 28.5 Å². The van der Waals surface area contributed by atoms with Crippen molar-refractivity contribution in [1.29, 1.82) is 0 Å². The summed E-state index contributed by atoms with van der Waals surface area (Å²) >= 11 is 0. The van der Waals surface area contributed by atoms with Crippen LogP contribution in [0.2, 0.25) is 0 Å². The van der Waals surface area contributed by atoms with E-state index in [2.05, 4.69) is 10.6 Å². The van der Waals surface area contributed by atoms with E-state index >= 15 is 0 Å². The number of para-hydroxylation sites is 2. The fraction of sp³-hybridized carbons (Fsp3) is 0.200. The first-order valence-corrected chi connectivity index (χ1v) is 9.94. The van der Waals surface area contributed by atoms with Gasteiger partial charge in [-0.3, -0.25) is 9.59 Å². The molecule has 0 fully saturated rings. The maximum absolute atomic E-state index is 12.6. The molecule has 31 heavy (non-hydrogen) atoms. The second kappa shape index (κ2) is 9.80. The van der Waals surface area contributed by atoms with Crippen LogP contribution in [0.25, 0.3) is 0 Å². The van der Waals surface area contributed by atoms with Crippen LogP contribution >= 0.6 is 0 Å². The normalized spacial score (nSPS) is 10.3. The highest BCUT2D eigenvalue weighted by Gasteiger charge is 2.15. The summed E-state index contributed by atoms with van der Waals surface area (Å²) in [7, 11) is 1.58. The van der Waals surface area contributed by atoms with E-state index in [9.17, 15) is 9.59 Å². The minimum absolute atomic E-state index is 0.154. The summed E-state index contributed by atoms with van der Waals surface area (Å²) in [6.07, 6.45) is 0. The molecule has 0 spiro atoms. The van der Waals surface area contributed by atoms with E-state index in [1.165, 1.54) is 0 Å². The number of methoxy groups -OCH3 is 1. The molecular weight excluding hydrogens is 392 g/mol. The monoisotopic (exact) mass is 418 g/mol. The Morgan fingerprint density at radius 3 is 2.26 bits per heavy atom. The van der Waals surface area contributed by atoms with Crippen molar-refractivity contribution in [2.24, 2.45) is 0 Å². The number of nitrogens with one attached hydrogen (secondary N) is 2. The largest absolute Gasteiger partial charge is 0.497 e. The van der Waals surface area contributed by atoms with Crippen LogP contribution < -0.4 is 20.1 Å². The molecule has 160 valence electrons. The lowest BCUT2D eigenvalue weighted by Crippen LogP contribution is -2.33. The van der Waals surface area contributed by atoms with E-state index in [-0.39, 0.29) is 18.4 Å². The van der Waals surface area contributed by atoms with Crippen molar-refractivity contribution in [2.45, 2.75) is 20.8 Å². The van der Waals surface area contributed by atoms with Crippen molar-refractivity contribution in [2.75, 3.05) is 19.0 Å². The lowest BCUT2D eigenvalue weighted by molar-refractivity contribution is -0.115. The van der Waals surface area contributed by atoms with E-state index in [4.69, 9.17) is 9.47 Å². The summed E-state index contributed by atoms with van der Waals surface area (Å²) in [5.74, 6) is 1.12. The highest BCUT2D eigenvalue weighted by atomic mass is 16.5. The third-order valence-corrected chi connectivity index (χ3v) is 4.74. The molecule has 0 aliphatic carbocycles. The quantitative estimate of drug-likeness (QED) is 0.579. The zero-order valence-electron chi connectivity index (χ0n) is 18.1. The zero-order chi connectivity index (χ0) is 22.4. The zero-order valence-corrected chi connectivity index (χ0v) is 18.1. The number of carbonyl (C=O) groups is 2. The average Bonchev–Trinajstić information content (AvgIpc) is 2.73. The molecule has 0 saturated heterocycles. The standard InChI is InChI=1S/C25H26N2O4/c1-16-12-17(2)24(18(3)13-16)25(29)26-15-23(28)27-21-10-5-6-11-22(21)31-20-9-7-8-19(14-20)30-4/h5-14H,15H2,1-4H3,(H,26,29)(H,27,28). The molecule has 0 radical (unpaired) electrons. The molecule has 0 saturated carbocycles. The minimum Gasteiger partial charge on any atom is -0.497 e. The highest BCUT2D eigenvalue weighted by Crippen LogP contribution is 2.30. The summed E-state index contributed by atoms with van der Waals surface area (Å²) < 4.78 is 11.1. The van der Waals surface area contributed by atoms with Crippen molar-refractivity contribution in [3.05, 3.63) is 82.9 Å². The van der Waals surface area contributed by atoms with Gasteiger partial charge in [0.25, 0.3) is 5.91 Å². The SMILES string of the molecule is COc1cccc(Oc2ccccc2NC(=O)CNC(=O)c2c(C)cc(C)cc2C)c1. The van der Waals surface area contributed by atoms with Gasteiger partial charge in [0.2, 0.25) is 5.91 Å². The first kappa shape index (κ1) is 21.9. The van der Waals surface area contributed by atoms with Crippen molar-refractivity contribution in [3.63, 3.8) is 0 Å². The van der Waals surface area contributed by atoms with E-state index in [0.717, 1.165) is 16.7 Å². The van der Waals surface area contributed by atoms with Gasteiger partial charge in [-0.1, -0.05) is 35.9 Å². The van der Waals surface area contributed by atoms with Gasteiger partial charge in [-0.2, -0.15) is 0 Å². The highest BCUT2D eigenvalue weighted by molar-refractivity contribution is 6.01. The number of benzene rings is 3. The van der Waals surface area contributed by atoms with Crippen molar-refractivity contribution < 1.29 is 19.1 Å². The summed E-state index contributed by atoms with van der Waals surface area (Å²) in [6, 6.07) is 18.2. The van der Waals surface area contributed by atoms with Gasteiger partial charge < -0.3 is 20.1 Å². The molecule has 3 rings (SSSR count). The number of hydrogen-bond acceptors (Lipinski definition) is 4. The Morgan fingerprint density at radius 1 is 0.871 bits per heavy atom. The smallest absolute Gasteiger partial charge is 0.252 e. The van der Waals surface area contributed by atoms with E-state index in [1.54, 1.807) is 37.4 Å². The molecule has 6 heteroatoms. The Kier molecular flexibility index (Phi) is 6.92. The summed E-state index contributed by atoms with van der Waals surface area (Å²) in [6.45, 7) is 5.61. The number of anilines is 1. The molecule has 0 heterocycles. The molecule has 3 aromatic rings. The van der Waals surface area contributed by atoms with Crippen LogP contribution in [0.3, 0.4) is 0 Å². The Bertz CT molecular complexity index is 1090. The predicted molar refractivity (Wildman–Crippen MR) is 121 cm³/mol. The number of hydrogen-bond donors (Lipinski definition) is 2. The van der Waals surface area contributed by atoms with Crippen LogP contribution in [0.15, 0.2) is 60.7 Å². The van der Waals surface area contributed by atoms with Gasteiger partial charge in [0.15, 0.2) is 5.75 Å². The molecule has 0 aromatic heterocycles. The Morgan fingerprint density at radius 2 is 1.55 bits per heavy atom. The van der Waals surface area contributed by atoms with Crippen molar-refractivity contribution in [1.82, 2.24) is 5.32 Å². The van der Waals surface area contributed by atoms with Gasteiger partial charge in [0, 0.05) is 11.6 Å². The number of amides is 2. The van der Waals surface area contributed by atoms with Crippen LogP contribution in [-0.4, -0.2) is 25.5 Å². The summed E-state index contributed by atoms with van der Waals surface area (Å²) in [5, 5.41) is 5.49. The van der Waals surface area contributed by atoms with Gasteiger partial charge in [-0.25, -0.2) is 0 Å². The maximum atomic E-state index is 12.6. The minimum atomic E-state index is -0.350. The lowest BCUT2D eigenvalue weighted by atomic mass is 9.99. The first-order chi connectivity index (χ1) is 14.9. The first-order valence-electron chi connectivity index (χ1n) is 9.94. The Hall–Kier alpha value is -3.80. The van der Waals surface area contributed by atoms with Gasteiger partial charge in [0.05, 0.1) is 19.3 Å². The predicted octanol–water partition coefficient (Wildman–Crippen LogP) is 4.78. The molecule has 0 unspecified atom stereocenters.